The molecule has 7 aromatic rings. The quantitative estimate of drug-likeness (QED) is 0.185. The Balaban J connectivity index is 0.00000135. The molecular formula is C35H27N3OS2. The third-order valence-corrected chi connectivity index (χ3v) is 11.0. The second kappa shape index (κ2) is 8.82. The van der Waals surface area contributed by atoms with E-state index in [4.69, 9.17) is 4.74 Å². The maximum atomic E-state index is 9.54. The lowest BCUT2D eigenvalue weighted by Crippen LogP contribution is -2.20. The summed E-state index contributed by atoms with van der Waals surface area (Å²) in [5.41, 5.74) is 5.06. The highest BCUT2D eigenvalue weighted by Gasteiger charge is 2.40. The minimum Gasteiger partial charge on any atom is -0.481 e. The summed E-state index contributed by atoms with van der Waals surface area (Å²) in [6.07, 6.45) is 0. The van der Waals surface area contributed by atoms with E-state index in [1.165, 1.54) is 68.0 Å². The van der Waals surface area contributed by atoms with Crippen molar-refractivity contribution in [2.24, 2.45) is 0 Å². The van der Waals surface area contributed by atoms with E-state index < -0.39 is 5.60 Å². The lowest BCUT2D eigenvalue weighted by Gasteiger charge is -2.22. The molecule has 0 aliphatic carbocycles. The Morgan fingerprint density at radius 2 is 1.56 bits per heavy atom. The number of hydrogen-bond donors (Lipinski definition) is 0. The van der Waals surface area contributed by atoms with E-state index in [0.29, 0.717) is 5.76 Å². The smallest absolute Gasteiger partial charge is 0.171 e. The number of para-hydroxylation sites is 1. The van der Waals surface area contributed by atoms with Gasteiger partial charge >= 0.3 is 0 Å². The Labute approximate surface area is 245 Å². The predicted molar refractivity (Wildman–Crippen MR) is 174 cm³/mol. The Morgan fingerprint density at radius 3 is 2.32 bits per heavy atom. The average Bonchev–Trinajstić information content (AvgIpc) is 3.68. The van der Waals surface area contributed by atoms with Crippen molar-refractivity contribution in [2.45, 2.75) is 47.1 Å². The van der Waals surface area contributed by atoms with Crippen LogP contribution in [0.2, 0.25) is 0 Å². The first-order valence-corrected chi connectivity index (χ1v) is 15.5. The van der Waals surface area contributed by atoms with Crippen LogP contribution >= 0.6 is 22.7 Å². The summed E-state index contributed by atoms with van der Waals surface area (Å²) in [7, 11) is 0. The van der Waals surface area contributed by atoms with Gasteiger partial charge in [-0.2, -0.15) is 10.5 Å². The van der Waals surface area contributed by atoms with E-state index in [1.54, 1.807) is 11.3 Å². The zero-order valence-electron chi connectivity index (χ0n) is 23.8. The van der Waals surface area contributed by atoms with Crippen LogP contribution in [0.5, 0.6) is 0 Å². The number of nitriles is 2. The van der Waals surface area contributed by atoms with E-state index in [1.807, 2.05) is 58.1 Å². The minimum absolute atomic E-state index is 0.0239. The van der Waals surface area contributed by atoms with Gasteiger partial charge in [0.1, 0.15) is 22.6 Å². The summed E-state index contributed by atoms with van der Waals surface area (Å²) in [4.78, 5) is 2.44. The van der Waals surface area contributed by atoms with Crippen LogP contribution in [0.4, 0.5) is 0 Å². The van der Waals surface area contributed by atoms with Gasteiger partial charge in [0.05, 0.1) is 20.4 Å². The zero-order chi connectivity index (χ0) is 28.8. The van der Waals surface area contributed by atoms with Gasteiger partial charge in [-0.15, -0.1) is 22.7 Å². The third kappa shape index (κ3) is 3.18. The van der Waals surface area contributed by atoms with E-state index in [0.717, 1.165) is 11.1 Å². The molecule has 0 spiro atoms. The topological polar surface area (TPSA) is 61.2 Å². The van der Waals surface area contributed by atoms with Crippen LogP contribution in [0.1, 0.15) is 45.1 Å². The minimum atomic E-state index is -0.647. The number of pyridine rings is 1. The number of ether oxygens (including phenoxy) is 1. The summed E-state index contributed by atoms with van der Waals surface area (Å²) in [6.45, 7) is 12.2. The number of aromatic nitrogens is 1. The van der Waals surface area contributed by atoms with Crippen molar-refractivity contribution in [1.29, 1.82) is 10.5 Å². The summed E-state index contributed by atoms with van der Waals surface area (Å²) in [5.74, 6) is 0.401. The van der Waals surface area contributed by atoms with Gasteiger partial charge in [-0.3, -0.25) is 4.40 Å². The van der Waals surface area contributed by atoms with Crippen molar-refractivity contribution < 1.29 is 4.74 Å². The van der Waals surface area contributed by atoms with Crippen LogP contribution in [0.15, 0.2) is 71.5 Å². The van der Waals surface area contributed by atoms with Crippen molar-refractivity contribution in [3.63, 3.8) is 0 Å². The second-order valence-corrected chi connectivity index (χ2v) is 12.8. The number of rotatable bonds is 1. The highest BCUT2D eigenvalue weighted by Crippen LogP contribution is 2.54. The van der Waals surface area contributed by atoms with Crippen LogP contribution in [0.3, 0.4) is 0 Å². The first-order chi connectivity index (χ1) is 19.9. The lowest BCUT2D eigenvalue weighted by atomic mass is 9.92. The maximum absolute atomic E-state index is 9.54. The first kappa shape index (κ1) is 25.6. The fourth-order valence-corrected chi connectivity index (χ4v) is 9.80. The van der Waals surface area contributed by atoms with Gasteiger partial charge in [-0.25, -0.2) is 0 Å². The molecule has 1 aliphatic heterocycles. The molecule has 0 fully saturated rings. The van der Waals surface area contributed by atoms with Gasteiger partial charge in [-0.1, -0.05) is 62.4 Å². The van der Waals surface area contributed by atoms with Gasteiger partial charge < -0.3 is 4.74 Å². The summed E-state index contributed by atoms with van der Waals surface area (Å²) >= 11 is 3.66. The fraction of sp³-hybridized carbons (Fsp3) is 0.200. The summed E-state index contributed by atoms with van der Waals surface area (Å²) < 4.78 is 11.3. The molecule has 4 nitrogen and oxygen atoms in total. The van der Waals surface area contributed by atoms with Crippen LogP contribution < -0.4 is 0 Å². The summed E-state index contributed by atoms with van der Waals surface area (Å²) in [6, 6.07) is 23.9. The van der Waals surface area contributed by atoms with Gasteiger partial charge in [0.25, 0.3) is 0 Å². The van der Waals surface area contributed by atoms with Crippen LogP contribution in [-0.4, -0.2) is 10.0 Å². The molecular weight excluding hydrogens is 543 g/mol. The van der Waals surface area contributed by atoms with Gasteiger partial charge in [0, 0.05) is 37.6 Å². The molecule has 41 heavy (non-hydrogen) atoms. The standard InChI is InChI=1S/C33H21N3OS2.C2H6/c1-16-26(33(3,4)37-28(16)19(14-34)15-35)29-17(2)30-31(38-29)25-22-10-7-8-18-12-13-21-20-9-5-6-11-23(20)36(32(25)39-30)27(21)24(18)22;1-2/h5-13H,1-4H3;1-2H3. The number of nitrogens with zero attached hydrogens (tertiary/aromatic N) is 3. The van der Waals surface area contributed by atoms with E-state index in [9.17, 15) is 10.5 Å². The number of fused-ring (bicyclic) bond motifs is 8. The fourth-order valence-electron chi connectivity index (χ4n) is 6.67. The van der Waals surface area contributed by atoms with Crippen molar-refractivity contribution in [1.82, 2.24) is 4.40 Å². The number of hydrogen-bond acceptors (Lipinski definition) is 5. The van der Waals surface area contributed by atoms with Crippen LogP contribution in [0, 0.1) is 29.6 Å². The monoisotopic (exact) mass is 569 g/mol. The Hall–Kier alpha value is -4.36. The Bertz CT molecular complexity index is 2360. The molecule has 6 heteroatoms. The van der Waals surface area contributed by atoms with Crippen LogP contribution in [0.25, 0.3) is 63.2 Å². The average molecular weight is 570 g/mol. The highest BCUT2D eigenvalue weighted by atomic mass is 32.1. The van der Waals surface area contributed by atoms with Gasteiger partial charge in [0.2, 0.25) is 0 Å². The lowest BCUT2D eigenvalue weighted by molar-refractivity contribution is 0.109. The Kier molecular flexibility index (Phi) is 5.51. The molecule has 0 saturated heterocycles. The SMILES string of the molecule is CC.CC1=C(c2sc3c(sc4c3c3cccc5ccc6c7ccccc7n4c6c53)c2C)C(C)(C)OC1=C(C#N)C#N. The molecule has 5 heterocycles. The van der Waals surface area contributed by atoms with E-state index >= 15 is 0 Å². The van der Waals surface area contributed by atoms with E-state index in [2.05, 4.69) is 65.9 Å². The molecule has 0 unspecified atom stereocenters. The van der Waals surface area contributed by atoms with Crippen molar-refractivity contribution in [3.8, 4) is 12.1 Å². The molecule has 200 valence electrons. The third-order valence-electron chi connectivity index (χ3n) is 8.23. The van der Waals surface area contributed by atoms with Crippen molar-refractivity contribution >= 4 is 85.8 Å². The molecule has 3 aromatic carbocycles. The molecule has 0 bridgehead atoms. The largest absolute Gasteiger partial charge is 0.481 e. The molecule has 0 N–H and O–H groups in total. The van der Waals surface area contributed by atoms with E-state index in [-0.39, 0.29) is 5.57 Å². The maximum Gasteiger partial charge on any atom is 0.171 e. The normalized spacial score (nSPS) is 14.8. The number of thiophene rings is 2. The highest BCUT2D eigenvalue weighted by molar-refractivity contribution is 7.33. The van der Waals surface area contributed by atoms with Crippen LogP contribution in [-0.2, 0) is 4.74 Å². The number of benzene rings is 3. The van der Waals surface area contributed by atoms with Gasteiger partial charge in [0.15, 0.2) is 11.3 Å². The molecule has 0 amide bonds. The van der Waals surface area contributed by atoms with Crippen molar-refractivity contribution in [3.05, 3.63) is 81.9 Å². The number of aryl methyl sites for hydroxylation is 1. The second-order valence-electron chi connectivity index (χ2n) is 10.8. The molecule has 4 aromatic heterocycles. The molecule has 0 radical (unpaired) electrons. The van der Waals surface area contributed by atoms with Crippen molar-refractivity contribution in [2.75, 3.05) is 0 Å². The molecule has 8 rings (SSSR count). The molecule has 1 aliphatic rings. The zero-order valence-corrected chi connectivity index (χ0v) is 25.4. The Morgan fingerprint density at radius 1 is 0.829 bits per heavy atom. The van der Waals surface area contributed by atoms with Gasteiger partial charge in [-0.05, 0) is 50.1 Å². The molecule has 0 saturated carbocycles. The summed E-state index contributed by atoms with van der Waals surface area (Å²) in [5, 5.41) is 26.8. The molecule has 0 atom stereocenters. The first-order valence-electron chi connectivity index (χ1n) is 13.8. The number of allylic oxidation sites excluding steroid dienone is 2. The predicted octanol–water partition coefficient (Wildman–Crippen LogP) is 10.5.